The molecule has 0 saturated carbocycles. The van der Waals surface area contributed by atoms with Gasteiger partial charge in [-0.3, -0.25) is 19.3 Å². The number of hydrogen-bond donors (Lipinski definition) is 1. The van der Waals surface area contributed by atoms with E-state index in [2.05, 4.69) is 5.32 Å². The van der Waals surface area contributed by atoms with Gasteiger partial charge in [0.1, 0.15) is 0 Å². The summed E-state index contributed by atoms with van der Waals surface area (Å²) < 4.78 is 22.9. The van der Waals surface area contributed by atoms with Crippen LogP contribution < -0.4 is 5.32 Å². The van der Waals surface area contributed by atoms with Crippen LogP contribution in [0.25, 0.3) is 0 Å². The summed E-state index contributed by atoms with van der Waals surface area (Å²) in [6.07, 6.45) is 1.12. The maximum Gasteiger partial charge on any atom is 0.263 e. The van der Waals surface area contributed by atoms with Gasteiger partial charge < -0.3 is 5.32 Å². The SMILES string of the molecule is CN1C(=O)c2cccc(NC(=O)Cc3ccc(S(C)(=O)=O)cc3)c2C1=O. The molecule has 0 aliphatic carbocycles. The van der Waals surface area contributed by atoms with Gasteiger partial charge in [-0.15, -0.1) is 0 Å². The Bertz CT molecular complexity index is 1030. The highest BCUT2D eigenvalue weighted by atomic mass is 32.2. The number of nitrogens with one attached hydrogen (secondary N) is 1. The topological polar surface area (TPSA) is 101 Å². The highest BCUT2D eigenvalue weighted by Gasteiger charge is 2.35. The largest absolute Gasteiger partial charge is 0.325 e. The van der Waals surface area contributed by atoms with Crippen molar-refractivity contribution in [3.63, 3.8) is 0 Å². The van der Waals surface area contributed by atoms with Crippen molar-refractivity contribution in [2.75, 3.05) is 18.6 Å². The summed E-state index contributed by atoms with van der Waals surface area (Å²) >= 11 is 0. The third kappa shape index (κ3) is 3.23. The average molecular weight is 372 g/mol. The molecule has 0 radical (unpaired) electrons. The van der Waals surface area contributed by atoms with Crippen molar-refractivity contribution >= 4 is 33.2 Å². The van der Waals surface area contributed by atoms with Gasteiger partial charge in [-0.2, -0.15) is 0 Å². The predicted octanol–water partition coefficient (Wildman–Crippen LogP) is 1.50. The van der Waals surface area contributed by atoms with Crippen molar-refractivity contribution in [1.82, 2.24) is 4.90 Å². The zero-order chi connectivity index (χ0) is 19.1. The Balaban J connectivity index is 1.78. The van der Waals surface area contributed by atoms with Crippen LogP contribution in [0.4, 0.5) is 5.69 Å². The van der Waals surface area contributed by atoms with Gasteiger partial charge in [0.05, 0.1) is 28.1 Å². The lowest BCUT2D eigenvalue weighted by molar-refractivity contribution is -0.115. The molecule has 0 bridgehead atoms. The Labute approximate surface area is 150 Å². The smallest absolute Gasteiger partial charge is 0.263 e. The molecule has 7 nitrogen and oxygen atoms in total. The Kier molecular flexibility index (Phi) is 4.37. The van der Waals surface area contributed by atoms with E-state index in [-0.39, 0.29) is 34.0 Å². The quantitative estimate of drug-likeness (QED) is 0.820. The van der Waals surface area contributed by atoms with Crippen LogP contribution in [0.1, 0.15) is 26.3 Å². The molecule has 0 fully saturated rings. The van der Waals surface area contributed by atoms with Gasteiger partial charge in [0.2, 0.25) is 5.91 Å². The molecule has 0 spiro atoms. The molecule has 1 aliphatic heterocycles. The molecular formula is C18H16N2O5S. The monoisotopic (exact) mass is 372 g/mol. The van der Waals surface area contributed by atoms with Crippen molar-refractivity contribution in [3.05, 3.63) is 59.2 Å². The average Bonchev–Trinajstić information content (AvgIpc) is 2.80. The standard InChI is InChI=1S/C18H16N2O5S/c1-20-17(22)13-4-3-5-14(16(13)18(20)23)19-15(21)10-11-6-8-12(9-7-11)26(2,24)25/h3-9H,10H2,1-2H3,(H,19,21). The zero-order valence-corrected chi connectivity index (χ0v) is 15.0. The number of fused-ring (bicyclic) bond motifs is 1. The van der Waals surface area contributed by atoms with E-state index < -0.39 is 21.7 Å². The molecule has 8 heteroatoms. The van der Waals surface area contributed by atoms with Gasteiger partial charge in [-0.05, 0) is 29.8 Å². The Hall–Kier alpha value is -3.00. The summed E-state index contributed by atoms with van der Waals surface area (Å²) in [6.45, 7) is 0. The number of carbonyl (C=O) groups excluding carboxylic acids is 3. The number of imide groups is 1. The highest BCUT2D eigenvalue weighted by molar-refractivity contribution is 7.90. The number of carbonyl (C=O) groups is 3. The Morgan fingerprint density at radius 2 is 1.69 bits per heavy atom. The molecule has 1 N–H and O–H groups in total. The van der Waals surface area contributed by atoms with Crippen LogP contribution >= 0.6 is 0 Å². The van der Waals surface area contributed by atoms with Gasteiger partial charge in [-0.25, -0.2) is 8.42 Å². The Morgan fingerprint density at radius 1 is 1.04 bits per heavy atom. The number of rotatable bonds is 4. The molecule has 2 aromatic carbocycles. The number of amides is 3. The van der Waals surface area contributed by atoms with E-state index in [9.17, 15) is 22.8 Å². The summed E-state index contributed by atoms with van der Waals surface area (Å²) in [4.78, 5) is 37.7. The first-order valence-corrected chi connectivity index (χ1v) is 9.62. The van der Waals surface area contributed by atoms with Crippen LogP contribution in [0, 0.1) is 0 Å². The lowest BCUT2D eigenvalue weighted by Crippen LogP contribution is -2.24. The summed E-state index contributed by atoms with van der Waals surface area (Å²) in [5.74, 6) is -1.24. The van der Waals surface area contributed by atoms with E-state index in [0.29, 0.717) is 5.56 Å². The molecule has 26 heavy (non-hydrogen) atoms. The molecule has 3 amide bonds. The second-order valence-electron chi connectivity index (χ2n) is 6.04. The molecule has 0 aromatic heterocycles. The van der Waals surface area contributed by atoms with Crippen LogP contribution in [0.2, 0.25) is 0 Å². The minimum atomic E-state index is -3.29. The first kappa shape index (κ1) is 17.8. The normalized spacial score (nSPS) is 13.7. The molecule has 0 unspecified atom stereocenters. The second kappa shape index (κ2) is 6.38. The van der Waals surface area contributed by atoms with Gasteiger partial charge >= 0.3 is 0 Å². The molecule has 0 saturated heterocycles. The second-order valence-corrected chi connectivity index (χ2v) is 8.05. The molecule has 1 aliphatic rings. The lowest BCUT2D eigenvalue weighted by atomic mass is 10.1. The summed E-state index contributed by atoms with van der Waals surface area (Å²) in [5, 5.41) is 2.65. The van der Waals surface area contributed by atoms with E-state index in [1.165, 1.54) is 19.2 Å². The molecule has 3 rings (SSSR count). The maximum absolute atomic E-state index is 12.3. The van der Waals surface area contributed by atoms with Crippen molar-refractivity contribution < 1.29 is 22.8 Å². The van der Waals surface area contributed by atoms with Crippen LogP contribution in [-0.2, 0) is 21.1 Å². The Morgan fingerprint density at radius 3 is 2.31 bits per heavy atom. The van der Waals surface area contributed by atoms with Gasteiger partial charge in [0, 0.05) is 13.3 Å². The molecule has 134 valence electrons. The van der Waals surface area contributed by atoms with Crippen LogP contribution in [0.5, 0.6) is 0 Å². The number of hydrogen-bond acceptors (Lipinski definition) is 5. The summed E-state index contributed by atoms with van der Waals surface area (Å²) in [7, 11) is -1.91. The molecule has 1 heterocycles. The van der Waals surface area contributed by atoms with Crippen LogP contribution in [0.3, 0.4) is 0 Å². The number of sulfone groups is 1. The minimum Gasteiger partial charge on any atom is -0.325 e. The van der Waals surface area contributed by atoms with Crippen LogP contribution in [0.15, 0.2) is 47.4 Å². The van der Waals surface area contributed by atoms with Crippen molar-refractivity contribution in [2.45, 2.75) is 11.3 Å². The summed E-state index contributed by atoms with van der Waals surface area (Å²) in [6, 6.07) is 10.7. The predicted molar refractivity (Wildman–Crippen MR) is 94.8 cm³/mol. The van der Waals surface area contributed by atoms with E-state index in [0.717, 1.165) is 11.2 Å². The van der Waals surface area contributed by atoms with Crippen molar-refractivity contribution in [2.24, 2.45) is 0 Å². The molecule has 2 aromatic rings. The van der Waals surface area contributed by atoms with E-state index in [1.807, 2.05) is 0 Å². The maximum atomic E-state index is 12.3. The van der Waals surface area contributed by atoms with E-state index >= 15 is 0 Å². The third-order valence-electron chi connectivity index (χ3n) is 4.11. The van der Waals surface area contributed by atoms with Gasteiger partial charge in [0.15, 0.2) is 9.84 Å². The van der Waals surface area contributed by atoms with E-state index in [1.54, 1.807) is 30.3 Å². The zero-order valence-electron chi connectivity index (χ0n) is 14.1. The van der Waals surface area contributed by atoms with Crippen LogP contribution in [-0.4, -0.2) is 44.3 Å². The molecular weight excluding hydrogens is 356 g/mol. The number of anilines is 1. The van der Waals surface area contributed by atoms with Crippen molar-refractivity contribution in [1.29, 1.82) is 0 Å². The first-order chi connectivity index (χ1) is 12.2. The summed E-state index contributed by atoms with van der Waals surface area (Å²) in [5.41, 5.74) is 1.35. The molecule has 0 atom stereocenters. The van der Waals surface area contributed by atoms with Gasteiger partial charge in [-0.1, -0.05) is 18.2 Å². The fraction of sp³-hybridized carbons (Fsp3) is 0.167. The van der Waals surface area contributed by atoms with Crippen molar-refractivity contribution in [3.8, 4) is 0 Å². The highest BCUT2D eigenvalue weighted by Crippen LogP contribution is 2.28. The van der Waals surface area contributed by atoms with E-state index in [4.69, 9.17) is 0 Å². The fourth-order valence-corrected chi connectivity index (χ4v) is 3.37. The number of nitrogens with zero attached hydrogens (tertiary/aromatic N) is 1. The minimum absolute atomic E-state index is 0.00564. The number of benzene rings is 2. The third-order valence-corrected chi connectivity index (χ3v) is 5.24. The first-order valence-electron chi connectivity index (χ1n) is 7.72. The van der Waals surface area contributed by atoms with Gasteiger partial charge in [0.25, 0.3) is 11.8 Å². The fourth-order valence-electron chi connectivity index (χ4n) is 2.74. The lowest BCUT2D eigenvalue weighted by Gasteiger charge is -2.09.